The number of amides is 1. The third-order valence-electron chi connectivity index (χ3n) is 4.39. The maximum atomic E-state index is 13.0. The number of hydrogen-bond acceptors (Lipinski definition) is 3. The Kier molecular flexibility index (Phi) is 5.89. The van der Waals surface area contributed by atoms with Gasteiger partial charge < -0.3 is 15.2 Å². The van der Waals surface area contributed by atoms with Gasteiger partial charge in [0.1, 0.15) is 17.6 Å². The van der Waals surface area contributed by atoms with E-state index in [1.165, 1.54) is 19.1 Å². The molecule has 0 aliphatic carbocycles. The number of rotatable bonds is 7. The third kappa shape index (κ3) is 4.46. The van der Waals surface area contributed by atoms with Crippen LogP contribution >= 0.6 is 0 Å². The molecule has 28 heavy (non-hydrogen) atoms. The predicted molar refractivity (Wildman–Crippen MR) is 104 cm³/mol. The van der Waals surface area contributed by atoms with E-state index in [-0.39, 0.29) is 18.0 Å². The highest BCUT2D eigenvalue weighted by Gasteiger charge is 2.20. The largest absolute Gasteiger partial charge is 0.492 e. The van der Waals surface area contributed by atoms with E-state index in [0.717, 1.165) is 16.3 Å². The number of fused-ring (bicyclic) bond motifs is 1. The number of carboxylic acids is 1. The molecule has 0 aliphatic rings. The molecule has 0 aliphatic heterocycles. The van der Waals surface area contributed by atoms with Crippen molar-refractivity contribution in [3.8, 4) is 5.75 Å². The molecule has 0 bridgehead atoms. The Hall–Kier alpha value is -3.41. The number of halogens is 1. The minimum absolute atomic E-state index is 0.269. The van der Waals surface area contributed by atoms with Crippen LogP contribution in [0.2, 0.25) is 0 Å². The van der Waals surface area contributed by atoms with Crippen molar-refractivity contribution in [1.29, 1.82) is 0 Å². The topological polar surface area (TPSA) is 75.6 Å². The molecule has 1 amide bonds. The maximum Gasteiger partial charge on any atom is 0.325 e. The summed E-state index contributed by atoms with van der Waals surface area (Å²) in [4.78, 5) is 23.6. The summed E-state index contributed by atoms with van der Waals surface area (Å²) in [7, 11) is 0. The molecule has 2 N–H and O–H groups in total. The molecule has 0 heterocycles. The maximum absolute atomic E-state index is 13.0. The molecule has 6 heteroatoms. The number of ether oxygens (including phenoxy) is 1. The van der Waals surface area contributed by atoms with Crippen LogP contribution in [-0.4, -0.2) is 29.6 Å². The van der Waals surface area contributed by atoms with Crippen LogP contribution in [0.15, 0.2) is 60.7 Å². The molecule has 3 aromatic rings. The average molecular weight is 381 g/mol. The van der Waals surface area contributed by atoms with Gasteiger partial charge in [0.05, 0.1) is 12.2 Å². The van der Waals surface area contributed by atoms with Crippen LogP contribution in [-0.2, 0) is 11.2 Å². The lowest BCUT2D eigenvalue weighted by molar-refractivity contribution is -0.138. The number of carbonyl (C=O) groups excluding carboxylic acids is 1. The average Bonchev–Trinajstić information content (AvgIpc) is 2.69. The summed E-state index contributed by atoms with van der Waals surface area (Å²) in [5, 5.41) is 13.2. The van der Waals surface area contributed by atoms with Crippen LogP contribution in [0.4, 0.5) is 4.39 Å². The van der Waals surface area contributed by atoms with E-state index in [4.69, 9.17) is 9.84 Å². The third-order valence-corrected chi connectivity index (χ3v) is 4.39. The SMILES string of the molecule is CC(NC(=O)c1ccc2ccccc2c1OCCc1ccc(F)cc1)C(=O)O. The quantitative estimate of drug-likeness (QED) is 0.653. The van der Waals surface area contributed by atoms with E-state index in [1.807, 2.05) is 24.3 Å². The molecule has 0 fully saturated rings. The number of carbonyl (C=O) groups is 2. The van der Waals surface area contributed by atoms with Gasteiger partial charge in [-0.1, -0.05) is 42.5 Å². The Morgan fingerprint density at radius 1 is 1.07 bits per heavy atom. The lowest BCUT2D eigenvalue weighted by atomic mass is 10.0. The molecule has 1 unspecified atom stereocenters. The lowest BCUT2D eigenvalue weighted by Gasteiger charge is -2.16. The van der Waals surface area contributed by atoms with Crippen molar-refractivity contribution >= 4 is 22.6 Å². The zero-order chi connectivity index (χ0) is 20.1. The summed E-state index contributed by atoms with van der Waals surface area (Å²) in [5.41, 5.74) is 1.18. The number of hydrogen-bond donors (Lipinski definition) is 2. The molecule has 144 valence electrons. The summed E-state index contributed by atoms with van der Waals surface area (Å²) in [6, 6.07) is 16.0. The van der Waals surface area contributed by atoms with E-state index in [9.17, 15) is 14.0 Å². The van der Waals surface area contributed by atoms with Crippen LogP contribution in [0.5, 0.6) is 5.75 Å². The van der Waals surface area contributed by atoms with Crippen molar-refractivity contribution in [1.82, 2.24) is 5.32 Å². The number of nitrogens with one attached hydrogen (secondary N) is 1. The summed E-state index contributed by atoms with van der Waals surface area (Å²) < 4.78 is 19.0. The van der Waals surface area contributed by atoms with Gasteiger partial charge in [0.25, 0.3) is 5.91 Å². The molecule has 0 saturated heterocycles. The smallest absolute Gasteiger partial charge is 0.325 e. The second-order valence-electron chi connectivity index (χ2n) is 6.42. The van der Waals surface area contributed by atoms with Gasteiger partial charge in [-0.25, -0.2) is 4.39 Å². The Balaban J connectivity index is 1.85. The minimum atomic E-state index is -1.12. The first-order valence-corrected chi connectivity index (χ1v) is 8.88. The Morgan fingerprint density at radius 3 is 2.50 bits per heavy atom. The summed E-state index contributed by atoms with van der Waals surface area (Å²) in [6.45, 7) is 1.69. The first-order chi connectivity index (χ1) is 13.5. The number of carboxylic acid groups (broad SMARTS) is 1. The van der Waals surface area contributed by atoms with E-state index in [0.29, 0.717) is 12.2 Å². The molecule has 3 rings (SSSR count). The second-order valence-corrected chi connectivity index (χ2v) is 6.42. The first-order valence-electron chi connectivity index (χ1n) is 8.88. The second kappa shape index (κ2) is 8.52. The van der Waals surface area contributed by atoms with Gasteiger partial charge in [-0.2, -0.15) is 0 Å². The van der Waals surface area contributed by atoms with Crippen molar-refractivity contribution in [3.63, 3.8) is 0 Å². The van der Waals surface area contributed by atoms with Gasteiger partial charge in [0.15, 0.2) is 0 Å². The lowest BCUT2D eigenvalue weighted by Crippen LogP contribution is -2.38. The van der Waals surface area contributed by atoms with Crippen molar-refractivity contribution in [2.75, 3.05) is 6.61 Å². The highest BCUT2D eigenvalue weighted by molar-refractivity contribution is 6.04. The molecular formula is C22H20FNO4. The Morgan fingerprint density at radius 2 is 1.79 bits per heavy atom. The number of benzene rings is 3. The fourth-order valence-corrected chi connectivity index (χ4v) is 2.84. The van der Waals surface area contributed by atoms with Crippen molar-refractivity contribution in [2.45, 2.75) is 19.4 Å². The van der Waals surface area contributed by atoms with Crippen LogP contribution in [0.25, 0.3) is 10.8 Å². The first kappa shape index (κ1) is 19.4. The number of aliphatic carboxylic acids is 1. The normalized spacial score (nSPS) is 11.8. The summed E-state index contributed by atoms with van der Waals surface area (Å²) in [5.74, 6) is -1.54. The molecule has 0 radical (unpaired) electrons. The van der Waals surface area contributed by atoms with E-state index in [2.05, 4.69) is 5.32 Å². The molecule has 0 saturated carbocycles. The molecule has 5 nitrogen and oxygen atoms in total. The summed E-state index contributed by atoms with van der Waals surface area (Å²) >= 11 is 0. The Bertz CT molecular complexity index is 1000. The zero-order valence-corrected chi connectivity index (χ0v) is 15.3. The van der Waals surface area contributed by atoms with E-state index >= 15 is 0 Å². The van der Waals surface area contributed by atoms with E-state index < -0.39 is 17.9 Å². The van der Waals surface area contributed by atoms with Gasteiger partial charge >= 0.3 is 5.97 Å². The van der Waals surface area contributed by atoms with Crippen LogP contribution in [0.3, 0.4) is 0 Å². The fraction of sp³-hybridized carbons (Fsp3) is 0.182. The molecule has 1 atom stereocenters. The van der Waals surface area contributed by atoms with Crippen molar-refractivity contribution in [2.24, 2.45) is 0 Å². The van der Waals surface area contributed by atoms with Gasteiger partial charge in [-0.05, 0) is 36.1 Å². The minimum Gasteiger partial charge on any atom is -0.492 e. The summed E-state index contributed by atoms with van der Waals surface area (Å²) in [6.07, 6.45) is 0.538. The highest BCUT2D eigenvalue weighted by atomic mass is 19.1. The highest BCUT2D eigenvalue weighted by Crippen LogP contribution is 2.30. The zero-order valence-electron chi connectivity index (χ0n) is 15.3. The van der Waals surface area contributed by atoms with Gasteiger partial charge in [0, 0.05) is 11.8 Å². The molecule has 0 spiro atoms. The van der Waals surface area contributed by atoms with Gasteiger partial charge in [-0.15, -0.1) is 0 Å². The fourth-order valence-electron chi connectivity index (χ4n) is 2.84. The molecule has 3 aromatic carbocycles. The van der Waals surface area contributed by atoms with Gasteiger partial charge in [0.2, 0.25) is 0 Å². The predicted octanol–water partition coefficient (Wildman–Crippen LogP) is 3.80. The standard InChI is InChI=1S/C22H20FNO4/c1-14(22(26)27)24-21(25)19-11-8-16-4-2-3-5-18(16)20(19)28-13-12-15-6-9-17(23)10-7-15/h2-11,14H,12-13H2,1H3,(H,24,25)(H,26,27). The Labute approximate surface area is 161 Å². The van der Waals surface area contributed by atoms with Crippen LogP contribution < -0.4 is 10.1 Å². The van der Waals surface area contributed by atoms with Crippen molar-refractivity contribution in [3.05, 3.63) is 77.6 Å². The monoisotopic (exact) mass is 381 g/mol. The van der Waals surface area contributed by atoms with Crippen LogP contribution in [0.1, 0.15) is 22.8 Å². The van der Waals surface area contributed by atoms with Crippen LogP contribution in [0, 0.1) is 5.82 Å². The molecular weight excluding hydrogens is 361 g/mol. The van der Waals surface area contributed by atoms with Gasteiger partial charge in [-0.3, -0.25) is 9.59 Å². The van der Waals surface area contributed by atoms with Crippen molar-refractivity contribution < 1.29 is 23.8 Å². The molecule has 0 aromatic heterocycles. The van der Waals surface area contributed by atoms with E-state index in [1.54, 1.807) is 24.3 Å².